The van der Waals surface area contributed by atoms with Gasteiger partial charge in [0, 0.05) is 16.4 Å². The molecule has 1 saturated carbocycles. The van der Waals surface area contributed by atoms with Crippen LogP contribution in [0.3, 0.4) is 0 Å². The third-order valence-corrected chi connectivity index (χ3v) is 6.24. The average molecular weight is 367 g/mol. The minimum absolute atomic E-state index is 0.187. The van der Waals surface area contributed by atoms with E-state index in [1.165, 1.54) is 0 Å². The number of halogens is 2. The van der Waals surface area contributed by atoms with Gasteiger partial charge in [-0.25, -0.2) is 13.1 Å². The largest absolute Gasteiger partial charge is 0.241 e. The Balaban J connectivity index is 2.00. The molecule has 1 aliphatic rings. The zero-order valence-electron chi connectivity index (χ0n) is 10.5. The molecule has 19 heavy (non-hydrogen) atoms. The Bertz CT molecular complexity index is 535. The molecule has 0 heterocycles. The van der Waals surface area contributed by atoms with Gasteiger partial charge < -0.3 is 0 Å². The summed E-state index contributed by atoms with van der Waals surface area (Å²) >= 11 is 9.39. The number of nitrogens with one attached hydrogen (secondary N) is 1. The lowest BCUT2D eigenvalue weighted by Gasteiger charge is -2.25. The molecule has 1 aromatic rings. The monoisotopic (exact) mass is 365 g/mol. The van der Waals surface area contributed by atoms with Crippen LogP contribution in [0.5, 0.6) is 0 Å². The summed E-state index contributed by atoms with van der Waals surface area (Å²) in [4.78, 5) is 0.285. The molecular formula is C13H17BrClNO2S. The molecule has 0 aromatic heterocycles. The fourth-order valence-electron chi connectivity index (χ4n) is 2.38. The van der Waals surface area contributed by atoms with Crippen LogP contribution in [0.2, 0.25) is 0 Å². The lowest BCUT2D eigenvalue weighted by molar-refractivity contribution is 0.361. The van der Waals surface area contributed by atoms with E-state index in [9.17, 15) is 8.42 Å². The van der Waals surface area contributed by atoms with Gasteiger partial charge in [-0.2, -0.15) is 0 Å². The lowest BCUT2D eigenvalue weighted by Crippen LogP contribution is -2.32. The van der Waals surface area contributed by atoms with Crippen LogP contribution < -0.4 is 4.72 Å². The second-order valence-electron chi connectivity index (χ2n) is 4.91. The number of sulfonamides is 1. The van der Waals surface area contributed by atoms with Gasteiger partial charge in [0.1, 0.15) is 0 Å². The molecule has 0 amide bonds. The number of benzene rings is 1. The zero-order chi connectivity index (χ0) is 13.9. The fraction of sp³-hybridized carbons (Fsp3) is 0.538. The highest BCUT2D eigenvalue weighted by molar-refractivity contribution is 9.10. The predicted molar refractivity (Wildman–Crippen MR) is 80.9 cm³/mol. The van der Waals surface area contributed by atoms with Gasteiger partial charge in [0.15, 0.2) is 0 Å². The number of hydrogen-bond donors (Lipinski definition) is 1. The SMILES string of the molecule is O=S(=O)(NCC1CCCC(Cl)C1)c1ccccc1Br. The molecular weight excluding hydrogens is 350 g/mol. The van der Waals surface area contributed by atoms with Crippen LogP contribution in [0.15, 0.2) is 33.6 Å². The highest BCUT2D eigenvalue weighted by Crippen LogP contribution is 2.28. The molecule has 3 nitrogen and oxygen atoms in total. The van der Waals surface area contributed by atoms with Crippen molar-refractivity contribution in [3.63, 3.8) is 0 Å². The maximum atomic E-state index is 12.2. The summed E-state index contributed by atoms with van der Waals surface area (Å²) in [6, 6.07) is 6.83. The Hall–Kier alpha value is -0.100. The molecule has 1 fully saturated rings. The average Bonchev–Trinajstić information content (AvgIpc) is 2.37. The molecule has 1 aromatic carbocycles. The van der Waals surface area contributed by atoms with Crippen molar-refractivity contribution in [1.29, 1.82) is 0 Å². The van der Waals surface area contributed by atoms with Crippen molar-refractivity contribution < 1.29 is 8.42 Å². The van der Waals surface area contributed by atoms with Crippen LogP contribution in [-0.4, -0.2) is 20.3 Å². The van der Waals surface area contributed by atoms with Gasteiger partial charge in [0.05, 0.1) is 4.90 Å². The van der Waals surface area contributed by atoms with E-state index in [1.54, 1.807) is 24.3 Å². The standard InChI is InChI=1S/C13H17BrClNO2S/c14-12-6-1-2-7-13(12)19(17,18)16-9-10-4-3-5-11(15)8-10/h1-2,6-7,10-11,16H,3-5,8-9H2. The molecule has 0 bridgehead atoms. The number of hydrogen-bond acceptors (Lipinski definition) is 2. The van der Waals surface area contributed by atoms with Gasteiger partial charge in [-0.1, -0.05) is 18.6 Å². The van der Waals surface area contributed by atoms with Crippen LogP contribution in [0.25, 0.3) is 0 Å². The summed E-state index contributed by atoms with van der Waals surface area (Å²) in [6.07, 6.45) is 4.05. The first-order valence-electron chi connectivity index (χ1n) is 6.37. The van der Waals surface area contributed by atoms with Crippen molar-refractivity contribution >= 4 is 37.6 Å². The van der Waals surface area contributed by atoms with Crippen molar-refractivity contribution in [2.45, 2.75) is 36.0 Å². The van der Waals surface area contributed by atoms with Gasteiger partial charge in [0.25, 0.3) is 0 Å². The van der Waals surface area contributed by atoms with Crippen molar-refractivity contribution in [2.75, 3.05) is 6.54 Å². The topological polar surface area (TPSA) is 46.2 Å². The number of rotatable bonds is 4. The molecule has 1 N–H and O–H groups in total. The summed E-state index contributed by atoms with van der Waals surface area (Å²) in [5.74, 6) is 0.341. The van der Waals surface area contributed by atoms with E-state index >= 15 is 0 Å². The summed E-state index contributed by atoms with van der Waals surface area (Å²) < 4.78 is 27.7. The second kappa shape index (κ2) is 6.57. The summed E-state index contributed by atoms with van der Waals surface area (Å²) in [5.41, 5.74) is 0. The summed E-state index contributed by atoms with van der Waals surface area (Å²) in [7, 11) is -3.45. The summed E-state index contributed by atoms with van der Waals surface area (Å²) in [6.45, 7) is 0.465. The highest BCUT2D eigenvalue weighted by Gasteiger charge is 2.23. The smallest absolute Gasteiger partial charge is 0.211 e. The first-order valence-corrected chi connectivity index (χ1v) is 9.08. The van der Waals surface area contributed by atoms with E-state index < -0.39 is 10.0 Å². The van der Waals surface area contributed by atoms with E-state index in [0.29, 0.717) is 16.9 Å². The van der Waals surface area contributed by atoms with E-state index in [0.717, 1.165) is 25.7 Å². The van der Waals surface area contributed by atoms with Crippen LogP contribution in [0, 0.1) is 5.92 Å². The molecule has 1 aliphatic carbocycles. The highest BCUT2D eigenvalue weighted by atomic mass is 79.9. The van der Waals surface area contributed by atoms with Crippen LogP contribution in [-0.2, 0) is 10.0 Å². The normalized spacial score (nSPS) is 24.3. The predicted octanol–water partition coefficient (Wildman–Crippen LogP) is 3.53. The first kappa shape index (κ1) is 15.3. The zero-order valence-corrected chi connectivity index (χ0v) is 13.6. The number of alkyl halides is 1. The van der Waals surface area contributed by atoms with Gasteiger partial charge in [-0.15, -0.1) is 11.6 Å². The van der Waals surface area contributed by atoms with E-state index in [1.807, 2.05) is 0 Å². The van der Waals surface area contributed by atoms with E-state index in [2.05, 4.69) is 20.7 Å². The second-order valence-corrected chi connectivity index (χ2v) is 8.12. The van der Waals surface area contributed by atoms with Gasteiger partial charge in [-0.3, -0.25) is 0 Å². The Morgan fingerprint density at radius 3 is 2.74 bits per heavy atom. The molecule has 106 valence electrons. The minimum Gasteiger partial charge on any atom is -0.211 e. The van der Waals surface area contributed by atoms with Gasteiger partial charge >= 0.3 is 0 Å². The molecule has 2 atom stereocenters. The molecule has 0 saturated heterocycles. The maximum absolute atomic E-state index is 12.2. The quantitative estimate of drug-likeness (QED) is 0.829. The van der Waals surface area contributed by atoms with Crippen molar-refractivity contribution in [2.24, 2.45) is 5.92 Å². The van der Waals surface area contributed by atoms with Crippen LogP contribution in [0.1, 0.15) is 25.7 Å². The van der Waals surface area contributed by atoms with Crippen molar-refractivity contribution in [3.8, 4) is 0 Å². The molecule has 6 heteroatoms. The van der Waals surface area contributed by atoms with Crippen molar-refractivity contribution in [1.82, 2.24) is 4.72 Å². The molecule has 0 spiro atoms. The minimum atomic E-state index is -3.45. The van der Waals surface area contributed by atoms with Crippen LogP contribution >= 0.6 is 27.5 Å². The Kier molecular flexibility index (Phi) is 5.29. The summed E-state index contributed by atoms with van der Waals surface area (Å²) in [5, 5.41) is 0.187. The Morgan fingerprint density at radius 1 is 1.32 bits per heavy atom. The van der Waals surface area contributed by atoms with Crippen molar-refractivity contribution in [3.05, 3.63) is 28.7 Å². The molecule has 0 aliphatic heterocycles. The fourth-order valence-corrected chi connectivity index (χ4v) is 4.90. The first-order chi connectivity index (χ1) is 8.99. The Morgan fingerprint density at radius 2 is 2.05 bits per heavy atom. The maximum Gasteiger partial charge on any atom is 0.241 e. The molecule has 2 rings (SSSR count). The third kappa shape index (κ3) is 4.18. The van der Waals surface area contributed by atoms with Gasteiger partial charge in [-0.05, 0) is 53.2 Å². The van der Waals surface area contributed by atoms with E-state index in [4.69, 9.17) is 11.6 Å². The van der Waals surface area contributed by atoms with E-state index in [-0.39, 0.29) is 10.3 Å². The molecule has 2 unspecified atom stereocenters. The Labute approximate surface area is 127 Å². The lowest BCUT2D eigenvalue weighted by atomic mass is 9.89. The van der Waals surface area contributed by atoms with Gasteiger partial charge in [0.2, 0.25) is 10.0 Å². The van der Waals surface area contributed by atoms with Crippen LogP contribution in [0.4, 0.5) is 0 Å². The molecule has 0 radical (unpaired) electrons. The third-order valence-electron chi connectivity index (χ3n) is 3.41.